The fraction of sp³-hybridized carbons (Fsp3) is 0.591. The topological polar surface area (TPSA) is 71.8 Å². The van der Waals surface area contributed by atoms with Crippen molar-refractivity contribution in [1.82, 2.24) is 25.6 Å². The van der Waals surface area contributed by atoms with Gasteiger partial charge >= 0.3 is 0 Å². The first kappa shape index (κ1) is 23.4. The molecule has 1 fully saturated rings. The number of rotatable bonds is 7. The van der Waals surface area contributed by atoms with Gasteiger partial charge in [0, 0.05) is 0 Å². The number of nitrogens with one attached hydrogen (secondary N) is 2. The Labute approximate surface area is 180 Å². The molecule has 2 aromatic rings. The van der Waals surface area contributed by atoms with Crippen LogP contribution in [0.1, 0.15) is 74.2 Å². The third-order valence-corrected chi connectivity index (χ3v) is 5.36. The van der Waals surface area contributed by atoms with Gasteiger partial charge in [-0.1, -0.05) is 57.2 Å². The Hall–Kier alpha value is -1.92. The van der Waals surface area contributed by atoms with Crippen molar-refractivity contribution in [3.8, 4) is 0 Å². The smallest absolute Gasteiger partial charge is 0.273 e. The molecule has 7 heteroatoms. The Morgan fingerprint density at radius 1 is 1.17 bits per heavy atom. The van der Waals surface area contributed by atoms with Crippen LogP contribution in [-0.4, -0.2) is 34.0 Å². The van der Waals surface area contributed by atoms with Gasteiger partial charge in [0.2, 0.25) is 0 Å². The number of carbonyl (C=O) groups excluding carboxylic acids is 1. The van der Waals surface area contributed by atoms with E-state index in [0.29, 0.717) is 17.7 Å². The van der Waals surface area contributed by atoms with Gasteiger partial charge in [-0.15, -0.1) is 17.5 Å². The zero-order valence-electron chi connectivity index (χ0n) is 17.9. The normalized spacial score (nSPS) is 15.9. The molecule has 0 aliphatic carbocycles. The summed E-state index contributed by atoms with van der Waals surface area (Å²) in [5.74, 6) is 0.749. The molecule has 1 aliphatic heterocycles. The number of hydrogen-bond donors (Lipinski definition) is 2. The molecule has 2 heterocycles. The number of nitrogens with zero attached hydrogens (tertiary/aromatic N) is 3. The first-order chi connectivity index (χ1) is 13.4. The SMILES string of the molecule is CC(C)Cc1ccc(C(NC(=O)c2cn(C3CCNCC3)nn2)C(C)C)cc1.Cl. The average Bonchev–Trinajstić information content (AvgIpc) is 3.17. The first-order valence-electron chi connectivity index (χ1n) is 10.5. The quantitative estimate of drug-likeness (QED) is 0.712. The Morgan fingerprint density at radius 3 is 2.41 bits per heavy atom. The van der Waals surface area contributed by atoms with Crippen LogP contribution in [0.3, 0.4) is 0 Å². The van der Waals surface area contributed by atoms with Crippen molar-refractivity contribution < 1.29 is 4.79 Å². The highest BCUT2D eigenvalue weighted by molar-refractivity contribution is 5.92. The van der Waals surface area contributed by atoms with E-state index >= 15 is 0 Å². The first-order valence-corrected chi connectivity index (χ1v) is 10.5. The molecule has 2 N–H and O–H groups in total. The van der Waals surface area contributed by atoms with E-state index < -0.39 is 0 Å². The number of aromatic nitrogens is 3. The van der Waals surface area contributed by atoms with Crippen molar-refractivity contribution >= 4 is 18.3 Å². The van der Waals surface area contributed by atoms with Gasteiger partial charge in [0.05, 0.1) is 18.3 Å². The van der Waals surface area contributed by atoms with E-state index in [1.165, 1.54) is 5.56 Å². The lowest BCUT2D eigenvalue weighted by Crippen LogP contribution is -2.32. The van der Waals surface area contributed by atoms with E-state index in [2.05, 4.69) is 72.9 Å². The molecule has 1 amide bonds. The molecular formula is C22H34ClN5O. The number of halogens is 1. The Morgan fingerprint density at radius 2 is 1.83 bits per heavy atom. The van der Waals surface area contributed by atoms with E-state index in [1.54, 1.807) is 6.20 Å². The Bertz CT molecular complexity index is 766. The van der Waals surface area contributed by atoms with Crippen LogP contribution >= 0.6 is 12.4 Å². The Balaban J connectivity index is 0.00000300. The molecule has 3 rings (SSSR count). The van der Waals surface area contributed by atoms with E-state index in [9.17, 15) is 4.79 Å². The third-order valence-electron chi connectivity index (χ3n) is 5.36. The summed E-state index contributed by atoms with van der Waals surface area (Å²) < 4.78 is 1.85. The van der Waals surface area contributed by atoms with Crippen LogP contribution in [0.4, 0.5) is 0 Å². The van der Waals surface area contributed by atoms with Crippen LogP contribution < -0.4 is 10.6 Å². The van der Waals surface area contributed by atoms with Gasteiger partial charge < -0.3 is 10.6 Å². The van der Waals surface area contributed by atoms with Crippen molar-refractivity contribution in [3.05, 3.63) is 47.3 Å². The summed E-state index contributed by atoms with van der Waals surface area (Å²) in [5, 5.41) is 14.8. The summed E-state index contributed by atoms with van der Waals surface area (Å²) in [6.45, 7) is 10.7. The van der Waals surface area contributed by atoms with Gasteiger partial charge in [-0.25, -0.2) is 4.68 Å². The summed E-state index contributed by atoms with van der Waals surface area (Å²) in [6.07, 6.45) is 4.89. The van der Waals surface area contributed by atoms with Crippen LogP contribution in [0.5, 0.6) is 0 Å². The summed E-state index contributed by atoms with van der Waals surface area (Å²) in [5.41, 5.74) is 2.85. The van der Waals surface area contributed by atoms with E-state index in [1.807, 2.05) is 4.68 Å². The van der Waals surface area contributed by atoms with Crippen LogP contribution in [0.25, 0.3) is 0 Å². The summed E-state index contributed by atoms with van der Waals surface area (Å²) in [7, 11) is 0. The molecule has 6 nitrogen and oxygen atoms in total. The van der Waals surface area contributed by atoms with Gasteiger partial charge in [0.25, 0.3) is 5.91 Å². The second-order valence-electron chi connectivity index (χ2n) is 8.60. The minimum absolute atomic E-state index is 0. The number of piperidine rings is 1. The average molecular weight is 420 g/mol. The highest BCUT2D eigenvalue weighted by Gasteiger charge is 2.23. The molecular weight excluding hydrogens is 386 g/mol. The predicted molar refractivity (Wildman–Crippen MR) is 118 cm³/mol. The van der Waals surface area contributed by atoms with E-state index in [-0.39, 0.29) is 30.3 Å². The summed E-state index contributed by atoms with van der Waals surface area (Å²) in [4.78, 5) is 12.8. The fourth-order valence-corrected chi connectivity index (χ4v) is 3.81. The van der Waals surface area contributed by atoms with Gasteiger partial charge in [-0.05, 0) is 55.3 Å². The monoisotopic (exact) mass is 419 g/mol. The van der Waals surface area contributed by atoms with Crippen LogP contribution in [-0.2, 0) is 6.42 Å². The molecule has 1 aromatic heterocycles. The molecule has 1 aliphatic rings. The maximum Gasteiger partial charge on any atom is 0.273 e. The number of amides is 1. The molecule has 1 saturated heterocycles. The van der Waals surface area contributed by atoms with Gasteiger partial charge in [-0.3, -0.25) is 4.79 Å². The zero-order valence-corrected chi connectivity index (χ0v) is 18.7. The van der Waals surface area contributed by atoms with Crippen molar-refractivity contribution in [2.75, 3.05) is 13.1 Å². The standard InChI is InChI=1S/C22H33N5O.ClH/c1-15(2)13-17-5-7-18(8-6-17)21(16(3)4)24-22(28)20-14-27(26-25-20)19-9-11-23-12-10-19;/h5-8,14-16,19,21,23H,9-13H2,1-4H3,(H,24,28);1H. The summed E-state index contributed by atoms with van der Waals surface area (Å²) in [6, 6.07) is 8.88. The van der Waals surface area contributed by atoms with E-state index in [4.69, 9.17) is 0 Å². The second-order valence-corrected chi connectivity index (χ2v) is 8.60. The molecule has 0 bridgehead atoms. The van der Waals surface area contributed by atoms with Crippen LogP contribution in [0.2, 0.25) is 0 Å². The van der Waals surface area contributed by atoms with E-state index in [0.717, 1.165) is 37.9 Å². The maximum absolute atomic E-state index is 12.8. The number of carbonyl (C=O) groups is 1. The summed E-state index contributed by atoms with van der Waals surface area (Å²) >= 11 is 0. The molecule has 0 spiro atoms. The largest absolute Gasteiger partial charge is 0.344 e. The van der Waals surface area contributed by atoms with Crippen LogP contribution in [0, 0.1) is 11.8 Å². The van der Waals surface area contributed by atoms with Crippen molar-refractivity contribution in [3.63, 3.8) is 0 Å². The third kappa shape index (κ3) is 6.28. The minimum atomic E-state index is -0.162. The predicted octanol–water partition coefficient (Wildman–Crippen LogP) is 3.95. The molecule has 0 saturated carbocycles. The highest BCUT2D eigenvalue weighted by Crippen LogP contribution is 2.23. The number of hydrogen-bond acceptors (Lipinski definition) is 4. The van der Waals surface area contributed by atoms with Crippen molar-refractivity contribution in [2.24, 2.45) is 11.8 Å². The van der Waals surface area contributed by atoms with Crippen molar-refractivity contribution in [2.45, 2.75) is 59.0 Å². The molecule has 0 radical (unpaired) electrons. The molecule has 1 atom stereocenters. The highest BCUT2D eigenvalue weighted by atomic mass is 35.5. The fourth-order valence-electron chi connectivity index (χ4n) is 3.81. The maximum atomic E-state index is 12.8. The lowest BCUT2D eigenvalue weighted by molar-refractivity contribution is 0.0920. The molecule has 29 heavy (non-hydrogen) atoms. The molecule has 1 unspecified atom stereocenters. The molecule has 160 valence electrons. The lowest BCUT2D eigenvalue weighted by atomic mass is 9.93. The van der Waals surface area contributed by atoms with Gasteiger partial charge in [0.1, 0.15) is 0 Å². The van der Waals surface area contributed by atoms with Crippen molar-refractivity contribution in [1.29, 1.82) is 0 Å². The zero-order chi connectivity index (χ0) is 20.1. The van der Waals surface area contributed by atoms with Gasteiger partial charge in [0.15, 0.2) is 5.69 Å². The minimum Gasteiger partial charge on any atom is -0.344 e. The Kier molecular flexibility index (Phi) is 8.65. The van der Waals surface area contributed by atoms with Crippen LogP contribution in [0.15, 0.2) is 30.5 Å². The number of benzene rings is 1. The van der Waals surface area contributed by atoms with Gasteiger partial charge in [-0.2, -0.15) is 0 Å². The second kappa shape index (κ2) is 10.7. The lowest BCUT2D eigenvalue weighted by Gasteiger charge is -2.23. The molecule has 1 aromatic carbocycles.